The van der Waals surface area contributed by atoms with Crippen LogP contribution in [-0.4, -0.2) is 11.1 Å². The van der Waals surface area contributed by atoms with Crippen LogP contribution in [0.2, 0.25) is 0 Å². The van der Waals surface area contributed by atoms with Gasteiger partial charge in [0.25, 0.3) is 0 Å². The number of nitrogens with zero attached hydrogens (tertiary/aromatic N) is 1. The highest BCUT2D eigenvalue weighted by atomic mass is 16.4. The van der Waals surface area contributed by atoms with Crippen molar-refractivity contribution in [1.82, 2.24) is 0 Å². The number of hydrogen-bond donors (Lipinski definition) is 2. The van der Waals surface area contributed by atoms with Gasteiger partial charge in [0, 0.05) is 6.54 Å². The molecule has 0 aromatic heterocycles. The van der Waals surface area contributed by atoms with E-state index < -0.39 is 5.97 Å². The number of aromatic carboxylic acids is 1. The quantitative estimate of drug-likeness (QED) is 0.776. The van der Waals surface area contributed by atoms with Gasteiger partial charge in [0.1, 0.15) is 0 Å². The molecule has 0 saturated heterocycles. The second kappa shape index (κ2) is 4.58. The first kappa shape index (κ1) is 11.2. The van der Waals surface area contributed by atoms with Crippen LogP contribution in [0.5, 0.6) is 0 Å². The zero-order valence-corrected chi connectivity index (χ0v) is 8.45. The van der Waals surface area contributed by atoms with Gasteiger partial charge in [-0.3, -0.25) is 0 Å². The molecule has 0 amide bonds. The van der Waals surface area contributed by atoms with Gasteiger partial charge in [0.05, 0.1) is 17.2 Å². The van der Waals surface area contributed by atoms with E-state index in [4.69, 9.17) is 16.1 Å². The Hall–Kier alpha value is -1.86. The SMILES string of the molecule is CCc1cc(C#N)c(CN)c(C(=O)O)c1. The Kier molecular flexibility index (Phi) is 3.42. The minimum atomic E-state index is -1.04. The fourth-order valence-corrected chi connectivity index (χ4v) is 1.45. The molecular formula is C11H12N2O2. The largest absolute Gasteiger partial charge is 0.478 e. The summed E-state index contributed by atoms with van der Waals surface area (Å²) in [6.07, 6.45) is 0.694. The average Bonchev–Trinajstić information content (AvgIpc) is 2.26. The molecule has 1 aromatic rings. The van der Waals surface area contributed by atoms with Crippen molar-refractivity contribution < 1.29 is 9.90 Å². The molecule has 0 atom stereocenters. The third-order valence-corrected chi connectivity index (χ3v) is 2.27. The molecule has 0 aliphatic carbocycles. The number of hydrogen-bond acceptors (Lipinski definition) is 3. The third-order valence-electron chi connectivity index (χ3n) is 2.27. The van der Waals surface area contributed by atoms with Gasteiger partial charge in [-0.2, -0.15) is 5.26 Å². The Labute approximate surface area is 87.9 Å². The lowest BCUT2D eigenvalue weighted by Gasteiger charge is -2.08. The zero-order valence-electron chi connectivity index (χ0n) is 8.45. The molecule has 0 bridgehead atoms. The summed E-state index contributed by atoms with van der Waals surface area (Å²) >= 11 is 0. The number of carbonyl (C=O) groups is 1. The van der Waals surface area contributed by atoms with Gasteiger partial charge in [0.2, 0.25) is 0 Å². The second-order valence-corrected chi connectivity index (χ2v) is 3.14. The van der Waals surface area contributed by atoms with Gasteiger partial charge in [-0.15, -0.1) is 0 Å². The summed E-state index contributed by atoms with van der Waals surface area (Å²) in [5.41, 5.74) is 7.17. The van der Waals surface area contributed by atoms with Crippen LogP contribution in [0.15, 0.2) is 12.1 Å². The average molecular weight is 204 g/mol. The van der Waals surface area contributed by atoms with Gasteiger partial charge in [0.15, 0.2) is 0 Å². The standard InChI is InChI=1S/C11H12N2O2/c1-2-7-3-8(5-12)10(6-13)9(4-7)11(14)15/h3-4H,2,6,13H2,1H3,(H,14,15). The number of nitriles is 1. The van der Waals surface area contributed by atoms with E-state index in [0.29, 0.717) is 17.5 Å². The Morgan fingerprint density at radius 1 is 1.60 bits per heavy atom. The molecule has 0 aliphatic rings. The van der Waals surface area contributed by atoms with E-state index in [-0.39, 0.29) is 12.1 Å². The Bertz CT molecular complexity index is 433. The van der Waals surface area contributed by atoms with Crippen LogP contribution in [0, 0.1) is 11.3 Å². The van der Waals surface area contributed by atoms with Crippen molar-refractivity contribution in [2.24, 2.45) is 5.73 Å². The second-order valence-electron chi connectivity index (χ2n) is 3.14. The molecule has 4 nitrogen and oxygen atoms in total. The van der Waals surface area contributed by atoms with Crippen molar-refractivity contribution in [1.29, 1.82) is 5.26 Å². The van der Waals surface area contributed by atoms with Crippen molar-refractivity contribution in [2.45, 2.75) is 19.9 Å². The minimum Gasteiger partial charge on any atom is -0.478 e. The maximum Gasteiger partial charge on any atom is 0.336 e. The van der Waals surface area contributed by atoms with Gasteiger partial charge >= 0.3 is 5.97 Å². The Balaban J connectivity index is 3.48. The maximum atomic E-state index is 11.0. The molecule has 3 N–H and O–H groups in total. The highest BCUT2D eigenvalue weighted by molar-refractivity contribution is 5.90. The van der Waals surface area contributed by atoms with Gasteiger partial charge in [-0.25, -0.2) is 4.79 Å². The van der Waals surface area contributed by atoms with Crippen LogP contribution in [0.1, 0.15) is 34.0 Å². The summed E-state index contributed by atoms with van der Waals surface area (Å²) in [5, 5.41) is 17.8. The summed E-state index contributed by atoms with van der Waals surface area (Å²) in [6, 6.07) is 5.24. The van der Waals surface area contributed by atoms with E-state index in [1.165, 1.54) is 0 Å². The predicted molar refractivity (Wildman–Crippen MR) is 55.4 cm³/mol. The fourth-order valence-electron chi connectivity index (χ4n) is 1.45. The third kappa shape index (κ3) is 2.14. The van der Waals surface area contributed by atoms with Crippen molar-refractivity contribution in [3.63, 3.8) is 0 Å². The van der Waals surface area contributed by atoms with Gasteiger partial charge in [-0.05, 0) is 29.7 Å². The first-order chi connectivity index (χ1) is 7.13. The van der Waals surface area contributed by atoms with Crippen molar-refractivity contribution >= 4 is 5.97 Å². The van der Waals surface area contributed by atoms with E-state index in [1.54, 1.807) is 12.1 Å². The number of carboxylic acid groups (broad SMARTS) is 1. The van der Waals surface area contributed by atoms with E-state index in [0.717, 1.165) is 5.56 Å². The molecule has 0 aliphatic heterocycles. The number of nitrogens with two attached hydrogens (primary N) is 1. The summed E-state index contributed by atoms with van der Waals surface area (Å²) in [7, 11) is 0. The molecular weight excluding hydrogens is 192 g/mol. The molecule has 0 radical (unpaired) electrons. The van der Waals surface area contributed by atoms with E-state index in [1.807, 2.05) is 13.0 Å². The Morgan fingerprint density at radius 3 is 2.67 bits per heavy atom. The molecule has 15 heavy (non-hydrogen) atoms. The predicted octanol–water partition coefficient (Wildman–Crippen LogP) is 1.28. The number of benzene rings is 1. The van der Waals surface area contributed by atoms with Crippen molar-refractivity contribution in [2.75, 3.05) is 0 Å². The van der Waals surface area contributed by atoms with Crippen molar-refractivity contribution in [3.8, 4) is 6.07 Å². The zero-order chi connectivity index (χ0) is 11.4. The van der Waals surface area contributed by atoms with E-state index in [9.17, 15) is 4.79 Å². The van der Waals surface area contributed by atoms with E-state index >= 15 is 0 Å². The van der Waals surface area contributed by atoms with Crippen LogP contribution >= 0.6 is 0 Å². The van der Waals surface area contributed by atoms with Crippen LogP contribution < -0.4 is 5.73 Å². The first-order valence-corrected chi connectivity index (χ1v) is 4.63. The summed E-state index contributed by atoms with van der Waals surface area (Å²) in [4.78, 5) is 11.0. The fraction of sp³-hybridized carbons (Fsp3) is 0.273. The normalized spacial score (nSPS) is 9.67. The molecule has 0 saturated carbocycles. The molecule has 0 heterocycles. The molecule has 1 rings (SSSR count). The smallest absolute Gasteiger partial charge is 0.336 e. The first-order valence-electron chi connectivity index (χ1n) is 4.63. The lowest BCUT2D eigenvalue weighted by molar-refractivity contribution is 0.0695. The molecule has 0 fully saturated rings. The van der Waals surface area contributed by atoms with Gasteiger partial charge < -0.3 is 10.8 Å². The lowest BCUT2D eigenvalue weighted by Crippen LogP contribution is -2.10. The number of rotatable bonds is 3. The van der Waals surface area contributed by atoms with Crippen LogP contribution in [-0.2, 0) is 13.0 Å². The summed E-state index contributed by atoms with van der Waals surface area (Å²) < 4.78 is 0. The van der Waals surface area contributed by atoms with Gasteiger partial charge in [-0.1, -0.05) is 6.92 Å². The number of carboxylic acids is 1. The number of aryl methyl sites for hydroxylation is 1. The molecule has 78 valence electrons. The highest BCUT2D eigenvalue weighted by Crippen LogP contribution is 2.17. The molecule has 4 heteroatoms. The minimum absolute atomic E-state index is 0.0640. The Morgan fingerprint density at radius 2 is 2.27 bits per heavy atom. The molecule has 0 unspecified atom stereocenters. The van der Waals surface area contributed by atoms with E-state index in [2.05, 4.69) is 0 Å². The summed E-state index contributed by atoms with van der Waals surface area (Å²) in [6.45, 7) is 1.97. The monoisotopic (exact) mass is 204 g/mol. The lowest BCUT2D eigenvalue weighted by atomic mass is 9.97. The maximum absolute atomic E-state index is 11.0. The van der Waals surface area contributed by atoms with Crippen LogP contribution in [0.4, 0.5) is 0 Å². The highest BCUT2D eigenvalue weighted by Gasteiger charge is 2.14. The molecule has 0 spiro atoms. The molecule has 1 aromatic carbocycles. The summed E-state index contributed by atoms with van der Waals surface area (Å²) in [5.74, 6) is -1.04. The van der Waals surface area contributed by atoms with Crippen LogP contribution in [0.25, 0.3) is 0 Å². The topological polar surface area (TPSA) is 87.1 Å². The van der Waals surface area contributed by atoms with Crippen molar-refractivity contribution in [3.05, 3.63) is 34.4 Å². The van der Waals surface area contributed by atoms with Crippen LogP contribution in [0.3, 0.4) is 0 Å².